The Morgan fingerprint density at radius 3 is 2.88 bits per heavy atom. The summed E-state index contributed by atoms with van der Waals surface area (Å²) in [4.78, 5) is 11.6. The number of nitrogens with zero attached hydrogens (tertiary/aromatic N) is 1. The van der Waals surface area contributed by atoms with Crippen molar-refractivity contribution < 1.29 is 13.7 Å². The van der Waals surface area contributed by atoms with Crippen molar-refractivity contribution in [3.63, 3.8) is 0 Å². The van der Waals surface area contributed by atoms with Crippen LogP contribution in [0.4, 0.5) is 10.2 Å². The van der Waals surface area contributed by atoms with E-state index in [2.05, 4.69) is 30.9 Å². The fourth-order valence-corrected chi connectivity index (χ4v) is 1.35. The molecule has 82 valence electrons. The third-order valence-electron chi connectivity index (χ3n) is 1.86. The molecule has 2 aromatic rings. The first kappa shape index (κ1) is 10.8. The van der Waals surface area contributed by atoms with Crippen LogP contribution in [0.3, 0.4) is 0 Å². The molecular weight excluding hydrogens is 279 g/mol. The van der Waals surface area contributed by atoms with E-state index >= 15 is 0 Å². The number of hydrogen-bond donors (Lipinski definition) is 1. The van der Waals surface area contributed by atoms with Crippen molar-refractivity contribution in [2.75, 3.05) is 5.32 Å². The molecule has 16 heavy (non-hydrogen) atoms. The highest BCUT2D eigenvalue weighted by Gasteiger charge is 2.09. The molecule has 0 radical (unpaired) electrons. The van der Waals surface area contributed by atoms with Gasteiger partial charge in [-0.15, -0.1) is 0 Å². The third kappa shape index (κ3) is 2.27. The molecule has 0 aliphatic carbocycles. The molecule has 1 amide bonds. The highest BCUT2D eigenvalue weighted by Crippen LogP contribution is 2.17. The van der Waals surface area contributed by atoms with Crippen molar-refractivity contribution >= 4 is 27.7 Å². The summed E-state index contributed by atoms with van der Waals surface area (Å²) in [6.07, 6.45) is 1.33. The van der Waals surface area contributed by atoms with Crippen LogP contribution in [0.15, 0.2) is 39.5 Å². The van der Waals surface area contributed by atoms with Crippen molar-refractivity contribution in [2.24, 2.45) is 0 Å². The van der Waals surface area contributed by atoms with Crippen LogP contribution in [0.1, 0.15) is 10.4 Å². The quantitative estimate of drug-likeness (QED) is 0.923. The number of aromatic nitrogens is 1. The minimum absolute atomic E-state index is 0.212. The summed E-state index contributed by atoms with van der Waals surface area (Å²) in [6.45, 7) is 0. The first-order chi connectivity index (χ1) is 7.66. The van der Waals surface area contributed by atoms with Crippen molar-refractivity contribution in [2.45, 2.75) is 0 Å². The number of anilines is 1. The second kappa shape index (κ2) is 4.44. The van der Waals surface area contributed by atoms with E-state index in [9.17, 15) is 9.18 Å². The molecule has 4 nitrogen and oxygen atoms in total. The molecule has 0 fully saturated rings. The summed E-state index contributed by atoms with van der Waals surface area (Å²) >= 11 is 3.01. The van der Waals surface area contributed by atoms with Gasteiger partial charge in [-0.1, -0.05) is 5.16 Å². The van der Waals surface area contributed by atoms with E-state index in [1.807, 2.05) is 0 Å². The number of benzene rings is 1. The molecule has 1 heterocycles. The van der Waals surface area contributed by atoms with E-state index in [4.69, 9.17) is 0 Å². The van der Waals surface area contributed by atoms with E-state index in [-0.39, 0.29) is 11.4 Å². The van der Waals surface area contributed by atoms with Gasteiger partial charge in [0.25, 0.3) is 5.91 Å². The largest absolute Gasteiger partial charge is 0.363 e. The lowest BCUT2D eigenvalue weighted by Crippen LogP contribution is -2.12. The SMILES string of the molecule is O=C(Nc1ccon1)c1ccc(Br)c(F)c1. The molecule has 0 saturated heterocycles. The van der Waals surface area contributed by atoms with Gasteiger partial charge in [-0.25, -0.2) is 4.39 Å². The molecular formula is C10H6BrFN2O2. The molecule has 1 aromatic heterocycles. The van der Waals surface area contributed by atoms with Crippen LogP contribution in [0.5, 0.6) is 0 Å². The number of rotatable bonds is 2. The van der Waals surface area contributed by atoms with Crippen molar-refractivity contribution in [1.82, 2.24) is 5.16 Å². The lowest BCUT2D eigenvalue weighted by molar-refractivity contribution is 0.102. The lowest BCUT2D eigenvalue weighted by atomic mass is 10.2. The molecule has 1 aromatic carbocycles. The van der Waals surface area contributed by atoms with Gasteiger partial charge in [-0.3, -0.25) is 4.79 Å². The molecule has 0 aliphatic rings. The molecule has 2 rings (SSSR count). The van der Waals surface area contributed by atoms with E-state index < -0.39 is 11.7 Å². The first-order valence-electron chi connectivity index (χ1n) is 4.33. The van der Waals surface area contributed by atoms with Gasteiger partial charge >= 0.3 is 0 Å². The Balaban J connectivity index is 2.18. The zero-order valence-electron chi connectivity index (χ0n) is 7.91. The van der Waals surface area contributed by atoms with E-state index in [1.165, 1.54) is 24.5 Å². The van der Waals surface area contributed by atoms with Crippen LogP contribution in [0.2, 0.25) is 0 Å². The summed E-state index contributed by atoms with van der Waals surface area (Å²) in [5, 5.41) is 5.97. The topological polar surface area (TPSA) is 55.1 Å². The van der Waals surface area contributed by atoms with Gasteiger partial charge in [0.15, 0.2) is 5.82 Å². The van der Waals surface area contributed by atoms with Gasteiger partial charge in [0.05, 0.1) is 4.47 Å². The first-order valence-corrected chi connectivity index (χ1v) is 5.13. The minimum Gasteiger partial charge on any atom is -0.363 e. The van der Waals surface area contributed by atoms with Gasteiger partial charge < -0.3 is 9.84 Å². The number of carbonyl (C=O) groups excluding carboxylic acids is 1. The average Bonchev–Trinajstić information content (AvgIpc) is 2.74. The van der Waals surface area contributed by atoms with E-state index in [1.54, 1.807) is 0 Å². The van der Waals surface area contributed by atoms with Crippen LogP contribution < -0.4 is 5.32 Å². The Morgan fingerprint density at radius 1 is 1.44 bits per heavy atom. The van der Waals surface area contributed by atoms with Crippen molar-refractivity contribution in [3.05, 3.63) is 46.4 Å². The van der Waals surface area contributed by atoms with Gasteiger partial charge in [-0.2, -0.15) is 0 Å². The second-order valence-electron chi connectivity index (χ2n) is 2.97. The van der Waals surface area contributed by atoms with Crippen LogP contribution in [-0.4, -0.2) is 11.1 Å². The van der Waals surface area contributed by atoms with E-state index in [0.717, 1.165) is 6.07 Å². The Hall–Kier alpha value is -1.69. The zero-order valence-corrected chi connectivity index (χ0v) is 9.49. The molecule has 0 spiro atoms. The fourth-order valence-electron chi connectivity index (χ4n) is 1.10. The Morgan fingerprint density at radius 2 is 2.25 bits per heavy atom. The number of halogens is 2. The molecule has 1 N–H and O–H groups in total. The normalized spacial score (nSPS) is 10.1. The van der Waals surface area contributed by atoms with Crippen LogP contribution in [0, 0.1) is 5.82 Å². The van der Waals surface area contributed by atoms with Crippen molar-refractivity contribution in [3.8, 4) is 0 Å². The van der Waals surface area contributed by atoms with E-state index in [0.29, 0.717) is 4.47 Å². The molecule has 6 heteroatoms. The average molecular weight is 285 g/mol. The molecule has 0 aliphatic heterocycles. The Labute approximate surface area is 98.6 Å². The summed E-state index contributed by atoms with van der Waals surface area (Å²) in [5.74, 6) is -0.651. The maximum Gasteiger partial charge on any atom is 0.257 e. The van der Waals surface area contributed by atoms with Gasteiger partial charge in [-0.05, 0) is 34.1 Å². The number of amides is 1. The number of carbonyl (C=O) groups is 1. The summed E-state index contributed by atoms with van der Waals surface area (Å²) in [6, 6.07) is 5.60. The van der Waals surface area contributed by atoms with Crippen LogP contribution >= 0.6 is 15.9 Å². The number of nitrogens with one attached hydrogen (secondary N) is 1. The predicted molar refractivity (Wildman–Crippen MR) is 58.6 cm³/mol. The molecule has 0 unspecified atom stereocenters. The third-order valence-corrected chi connectivity index (χ3v) is 2.50. The highest BCUT2D eigenvalue weighted by molar-refractivity contribution is 9.10. The van der Waals surface area contributed by atoms with Gasteiger partial charge in [0.2, 0.25) is 0 Å². The van der Waals surface area contributed by atoms with Crippen molar-refractivity contribution in [1.29, 1.82) is 0 Å². The summed E-state index contributed by atoms with van der Waals surface area (Å²) < 4.78 is 18.0. The van der Waals surface area contributed by atoms with Crippen LogP contribution in [0.25, 0.3) is 0 Å². The zero-order chi connectivity index (χ0) is 11.5. The fraction of sp³-hybridized carbons (Fsp3) is 0. The molecule has 0 atom stereocenters. The second-order valence-corrected chi connectivity index (χ2v) is 3.82. The minimum atomic E-state index is -0.493. The highest BCUT2D eigenvalue weighted by atomic mass is 79.9. The maximum atomic E-state index is 13.2. The lowest BCUT2D eigenvalue weighted by Gasteiger charge is -2.02. The Bertz CT molecular complexity index is 514. The summed E-state index contributed by atoms with van der Waals surface area (Å²) in [5.41, 5.74) is 0.212. The van der Waals surface area contributed by atoms with Gasteiger partial charge in [0.1, 0.15) is 12.1 Å². The maximum absolute atomic E-state index is 13.2. The van der Waals surface area contributed by atoms with Gasteiger partial charge in [0, 0.05) is 11.6 Å². The van der Waals surface area contributed by atoms with Crippen LogP contribution in [-0.2, 0) is 0 Å². The number of hydrogen-bond acceptors (Lipinski definition) is 3. The monoisotopic (exact) mass is 284 g/mol. The smallest absolute Gasteiger partial charge is 0.257 e. The standard InChI is InChI=1S/C10H6BrFN2O2/c11-7-2-1-6(5-8(7)12)10(15)13-9-3-4-16-14-9/h1-5H,(H,13,14,15). The molecule has 0 saturated carbocycles. The Kier molecular flexibility index (Phi) is 3.00. The molecule has 0 bridgehead atoms. The predicted octanol–water partition coefficient (Wildman–Crippen LogP) is 2.83. The summed E-state index contributed by atoms with van der Waals surface area (Å²) in [7, 11) is 0.